The van der Waals surface area contributed by atoms with Crippen LogP contribution in [0.3, 0.4) is 0 Å². The second-order valence-electron chi connectivity index (χ2n) is 9.17. The van der Waals surface area contributed by atoms with Crippen molar-refractivity contribution in [1.29, 1.82) is 0 Å². The van der Waals surface area contributed by atoms with Crippen LogP contribution in [0, 0.1) is 5.92 Å². The number of aliphatic hydroxyl groups is 1. The summed E-state index contributed by atoms with van der Waals surface area (Å²) in [7, 11) is 0. The molecule has 0 radical (unpaired) electrons. The van der Waals surface area contributed by atoms with E-state index in [1.165, 1.54) is 0 Å². The van der Waals surface area contributed by atoms with Gasteiger partial charge in [0.25, 0.3) is 0 Å². The minimum absolute atomic E-state index is 0.0990. The van der Waals surface area contributed by atoms with Gasteiger partial charge in [-0.05, 0) is 78.8 Å². The van der Waals surface area contributed by atoms with Crippen LogP contribution in [0.5, 0.6) is 0 Å². The molecular weight excluding hydrogens is 302 g/mol. The molecule has 1 atom stereocenters. The molecule has 2 aliphatic heterocycles. The lowest BCUT2D eigenvalue weighted by atomic mass is 9.74. The van der Waals surface area contributed by atoms with Gasteiger partial charge in [-0.25, -0.2) is 0 Å². The summed E-state index contributed by atoms with van der Waals surface area (Å²) in [6.45, 7) is 12.5. The predicted octanol–water partition coefficient (Wildman–Crippen LogP) is 1.90. The van der Waals surface area contributed by atoms with E-state index in [4.69, 9.17) is 0 Å². The van der Waals surface area contributed by atoms with E-state index in [1.807, 2.05) is 0 Å². The third kappa shape index (κ3) is 6.69. The quantitative estimate of drug-likeness (QED) is 0.647. The molecule has 0 aromatic heterocycles. The number of likely N-dealkylation sites (tertiary alicyclic amines) is 1. The van der Waals surface area contributed by atoms with Crippen LogP contribution in [0.25, 0.3) is 0 Å². The van der Waals surface area contributed by atoms with Crippen molar-refractivity contribution in [2.24, 2.45) is 5.92 Å². The summed E-state index contributed by atoms with van der Waals surface area (Å²) in [6.07, 6.45) is 5.54. The molecule has 140 valence electrons. The zero-order valence-electron chi connectivity index (χ0n) is 16.0. The van der Waals surface area contributed by atoms with Crippen LogP contribution < -0.4 is 10.6 Å². The zero-order valence-corrected chi connectivity index (χ0v) is 16.0. The molecule has 2 heterocycles. The highest BCUT2D eigenvalue weighted by atomic mass is 16.3. The fraction of sp³-hybridized carbons (Fsp3) is 0.947. The second-order valence-corrected chi connectivity index (χ2v) is 9.17. The van der Waals surface area contributed by atoms with Gasteiger partial charge in [-0.2, -0.15) is 0 Å². The van der Waals surface area contributed by atoms with E-state index < -0.39 is 0 Å². The molecule has 3 N–H and O–H groups in total. The van der Waals surface area contributed by atoms with E-state index in [0.29, 0.717) is 12.3 Å². The summed E-state index contributed by atoms with van der Waals surface area (Å²) in [5, 5.41) is 16.4. The lowest BCUT2D eigenvalue weighted by molar-refractivity contribution is -0.122. The highest BCUT2D eigenvalue weighted by Gasteiger charge is 2.38. The Kier molecular flexibility index (Phi) is 6.68. The maximum absolute atomic E-state index is 12.3. The van der Waals surface area contributed by atoms with Gasteiger partial charge in [0, 0.05) is 30.6 Å². The largest absolute Gasteiger partial charge is 0.392 e. The lowest BCUT2D eigenvalue weighted by Gasteiger charge is -2.46. The number of carbonyl (C=O) groups is 1. The van der Waals surface area contributed by atoms with Crippen LogP contribution in [0.15, 0.2) is 0 Å². The van der Waals surface area contributed by atoms with E-state index in [-0.39, 0.29) is 23.1 Å². The molecule has 5 heteroatoms. The Morgan fingerprint density at radius 1 is 1.25 bits per heavy atom. The average Bonchev–Trinajstić information content (AvgIpc) is 2.40. The summed E-state index contributed by atoms with van der Waals surface area (Å²) in [5.41, 5.74) is 0.198. The monoisotopic (exact) mass is 339 g/mol. The number of rotatable bonds is 6. The van der Waals surface area contributed by atoms with Crippen LogP contribution in [0.4, 0.5) is 0 Å². The van der Waals surface area contributed by atoms with Crippen molar-refractivity contribution in [1.82, 2.24) is 15.5 Å². The minimum Gasteiger partial charge on any atom is -0.392 e. The van der Waals surface area contributed by atoms with Crippen molar-refractivity contribution in [3.8, 4) is 0 Å². The van der Waals surface area contributed by atoms with Gasteiger partial charge in [0.15, 0.2) is 0 Å². The van der Waals surface area contributed by atoms with Crippen LogP contribution in [0.2, 0.25) is 0 Å². The Morgan fingerprint density at radius 3 is 2.54 bits per heavy atom. The number of hydrogen-bond donors (Lipinski definition) is 3. The number of hydrogen-bond acceptors (Lipinski definition) is 4. The Balaban J connectivity index is 1.64. The molecule has 1 amide bonds. The number of piperidine rings is 2. The van der Waals surface area contributed by atoms with Crippen molar-refractivity contribution < 1.29 is 9.90 Å². The third-order valence-electron chi connectivity index (χ3n) is 5.20. The summed E-state index contributed by atoms with van der Waals surface area (Å²) >= 11 is 0. The van der Waals surface area contributed by atoms with Crippen molar-refractivity contribution in [3.63, 3.8) is 0 Å². The first-order chi connectivity index (χ1) is 11.2. The van der Waals surface area contributed by atoms with Crippen molar-refractivity contribution >= 4 is 5.91 Å². The lowest BCUT2D eigenvalue weighted by Crippen LogP contribution is -2.58. The maximum Gasteiger partial charge on any atom is 0.220 e. The minimum atomic E-state index is -0.167. The zero-order chi connectivity index (χ0) is 17.8. The van der Waals surface area contributed by atoms with E-state index in [1.54, 1.807) is 0 Å². The molecule has 0 bridgehead atoms. The van der Waals surface area contributed by atoms with Crippen molar-refractivity contribution in [2.45, 2.75) is 83.4 Å². The van der Waals surface area contributed by atoms with Crippen molar-refractivity contribution in [3.05, 3.63) is 0 Å². The molecule has 2 saturated heterocycles. The summed E-state index contributed by atoms with van der Waals surface area (Å²) < 4.78 is 0. The first kappa shape index (κ1) is 19.7. The molecule has 0 aliphatic carbocycles. The molecule has 2 rings (SSSR count). The molecule has 0 unspecified atom stereocenters. The molecule has 24 heavy (non-hydrogen) atoms. The van der Waals surface area contributed by atoms with Crippen LogP contribution in [0.1, 0.15) is 66.2 Å². The first-order valence-corrected chi connectivity index (χ1v) is 9.62. The molecular formula is C19H37N3O2. The Hall–Kier alpha value is -0.650. The summed E-state index contributed by atoms with van der Waals surface area (Å²) in [5.74, 6) is 0.640. The number of carbonyl (C=O) groups excluding carboxylic acids is 1. The fourth-order valence-corrected chi connectivity index (χ4v) is 4.78. The number of amides is 1. The van der Waals surface area contributed by atoms with Gasteiger partial charge in [-0.15, -0.1) is 0 Å². The Bertz CT molecular complexity index is 407. The van der Waals surface area contributed by atoms with Gasteiger partial charge >= 0.3 is 0 Å². The first-order valence-electron chi connectivity index (χ1n) is 9.62. The maximum atomic E-state index is 12.3. The number of β-amino-alcohol motifs (C(OH)–C–C–N with tert-alkyl or cyclic N) is 1. The Morgan fingerprint density at radius 2 is 1.92 bits per heavy atom. The van der Waals surface area contributed by atoms with Gasteiger partial charge in [-0.3, -0.25) is 4.79 Å². The van der Waals surface area contributed by atoms with Crippen LogP contribution in [-0.2, 0) is 4.79 Å². The standard InChI is InChI=1S/C19H37N3O2/c1-18(2)12-15(13-19(3,4)21-18)11-17(24)20-8-6-10-22-9-5-7-16(23)14-22/h15-16,21,23H,5-14H2,1-4H3,(H,20,24)/t16-/m1/s1. The SMILES string of the molecule is CC1(C)CC(CC(=O)NCCCN2CCC[C@@H](O)C2)CC(C)(C)N1. The molecule has 2 aliphatic rings. The number of aliphatic hydroxyl groups excluding tert-OH is 1. The van der Waals surface area contributed by atoms with Gasteiger partial charge in [0.05, 0.1) is 6.10 Å². The third-order valence-corrected chi connectivity index (χ3v) is 5.20. The van der Waals surface area contributed by atoms with E-state index >= 15 is 0 Å². The van der Waals surface area contributed by atoms with Crippen molar-refractivity contribution in [2.75, 3.05) is 26.2 Å². The Labute approximate surface area is 147 Å². The van der Waals surface area contributed by atoms with E-state index in [9.17, 15) is 9.90 Å². The highest BCUT2D eigenvalue weighted by molar-refractivity contribution is 5.76. The van der Waals surface area contributed by atoms with Gasteiger partial charge in [0.1, 0.15) is 0 Å². The van der Waals surface area contributed by atoms with Gasteiger partial charge < -0.3 is 20.6 Å². The molecule has 0 spiro atoms. The predicted molar refractivity (Wildman–Crippen MR) is 97.9 cm³/mol. The number of nitrogens with one attached hydrogen (secondary N) is 2. The normalized spacial score (nSPS) is 27.8. The molecule has 2 fully saturated rings. The fourth-order valence-electron chi connectivity index (χ4n) is 4.78. The smallest absolute Gasteiger partial charge is 0.220 e. The van der Waals surface area contributed by atoms with Crippen LogP contribution in [-0.4, -0.2) is 59.3 Å². The highest BCUT2D eigenvalue weighted by Crippen LogP contribution is 2.34. The van der Waals surface area contributed by atoms with Gasteiger partial charge in [0.2, 0.25) is 5.91 Å². The molecule has 0 aromatic rings. The molecule has 0 saturated carbocycles. The topological polar surface area (TPSA) is 64.6 Å². The number of nitrogens with zero attached hydrogens (tertiary/aromatic N) is 1. The van der Waals surface area contributed by atoms with Crippen LogP contribution >= 0.6 is 0 Å². The molecule has 0 aromatic carbocycles. The summed E-state index contributed by atoms with van der Waals surface area (Å²) in [6, 6.07) is 0. The second kappa shape index (κ2) is 8.15. The van der Waals surface area contributed by atoms with E-state index in [2.05, 4.69) is 43.2 Å². The van der Waals surface area contributed by atoms with E-state index in [0.717, 1.165) is 58.3 Å². The average molecular weight is 340 g/mol. The summed E-state index contributed by atoms with van der Waals surface area (Å²) in [4.78, 5) is 14.6. The van der Waals surface area contributed by atoms with Gasteiger partial charge in [-0.1, -0.05) is 0 Å². The molecule has 5 nitrogen and oxygen atoms in total.